The van der Waals surface area contributed by atoms with Gasteiger partial charge in [0.1, 0.15) is 6.54 Å². The Morgan fingerprint density at radius 1 is 1.25 bits per heavy atom. The third-order valence-electron chi connectivity index (χ3n) is 4.11. The van der Waals surface area contributed by atoms with Crippen LogP contribution in [0.25, 0.3) is 0 Å². The van der Waals surface area contributed by atoms with Crippen molar-refractivity contribution in [3.63, 3.8) is 0 Å². The Morgan fingerprint density at radius 3 is 2.71 bits per heavy atom. The molecule has 3 rings (SSSR count). The van der Waals surface area contributed by atoms with Gasteiger partial charge in [-0.25, -0.2) is 0 Å². The fourth-order valence-corrected chi connectivity index (χ4v) is 3.44. The average molecular weight is 387 g/mol. The van der Waals surface area contributed by atoms with Gasteiger partial charge in [-0.05, 0) is 30.2 Å². The van der Waals surface area contributed by atoms with Crippen LogP contribution in [0.4, 0.5) is 5.69 Å². The van der Waals surface area contributed by atoms with Gasteiger partial charge in [0, 0.05) is 22.1 Å². The Kier molecular flexibility index (Phi) is 5.00. The topological polar surface area (TPSA) is 49.4 Å². The van der Waals surface area contributed by atoms with E-state index in [9.17, 15) is 9.59 Å². The Morgan fingerprint density at radius 2 is 2.00 bits per heavy atom. The van der Waals surface area contributed by atoms with Crippen molar-refractivity contribution >= 4 is 33.4 Å². The number of carbonyl (C=O) groups is 2. The maximum Gasteiger partial charge on any atom is 0.244 e. The lowest BCUT2D eigenvalue weighted by Gasteiger charge is -2.30. The standard InChI is InChI=1S/C19H19BrN2O2/c1-2-6-18(24)22-12-17(23)21-16-10-9-14(20)11-15(16)19(22)13-7-4-3-5-8-13/h3-5,7-11,19H,2,6,12H2,1H3,(H,21,23)/t19-/m0/s1. The van der Waals surface area contributed by atoms with Gasteiger partial charge in [-0.2, -0.15) is 0 Å². The van der Waals surface area contributed by atoms with Crippen molar-refractivity contribution in [3.8, 4) is 0 Å². The van der Waals surface area contributed by atoms with Gasteiger partial charge in [0.15, 0.2) is 0 Å². The molecule has 0 saturated heterocycles. The van der Waals surface area contributed by atoms with Gasteiger partial charge in [0.05, 0.1) is 6.04 Å². The van der Waals surface area contributed by atoms with Crippen LogP contribution in [0.2, 0.25) is 0 Å². The molecule has 0 aromatic heterocycles. The van der Waals surface area contributed by atoms with Gasteiger partial charge >= 0.3 is 0 Å². The minimum Gasteiger partial charge on any atom is -0.324 e. The number of hydrogen-bond donors (Lipinski definition) is 1. The van der Waals surface area contributed by atoms with E-state index in [-0.39, 0.29) is 24.4 Å². The van der Waals surface area contributed by atoms with Crippen LogP contribution in [-0.2, 0) is 9.59 Å². The molecule has 0 saturated carbocycles. The predicted molar refractivity (Wildman–Crippen MR) is 97.7 cm³/mol. The molecule has 5 heteroatoms. The summed E-state index contributed by atoms with van der Waals surface area (Å²) in [6.45, 7) is 2.03. The molecule has 1 aliphatic heterocycles. The van der Waals surface area contributed by atoms with Crippen LogP contribution >= 0.6 is 15.9 Å². The second kappa shape index (κ2) is 7.18. The molecular weight excluding hydrogens is 368 g/mol. The zero-order valence-corrected chi connectivity index (χ0v) is 15.0. The molecule has 2 aromatic rings. The first-order valence-electron chi connectivity index (χ1n) is 8.04. The molecule has 1 atom stereocenters. The molecule has 0 unspecified atom stereocenters. The van der Waals surface area contributed by atoms with E-state index < -0.39 is 0 Å². The Hall–Kier alpha value is -2.14. The van der Waals surface area contributed by atoms with Crippen molar-refractivity contribution in [2.45, 2.75) is 25.8 Å². The molecule has 2 aromatic carbocycles. The third-order valence-corrected chi connectivity index (χ3v) is 4.60. The predicted octanol–water partition coefficient (Wildman–Crippen LogP) is 4.12. The van der Waals surface area contributed by atoms with E-state index in [1.54, 1.807) is 4.90 Å². The number of hydrogen-bond acceptors (Lipinski definition) is 2. The summed E-state index contributed by atoms with van der Waals surface area (Å²) in [5.41, 5.74) is 2.67. The van der Waals surface area contributed by atoms with Crippen molar-refractivity contribution in [3.05, 3.63) is 64.1 Å². The first-order valence-corrected chi connectivity index (χ1v) is 8.83. The van der Waals surface area contributed by atoms with Gasteiger partial charge < -0.3 is 10.2 Å². The first-order chi connectivity index (χ1) is 11.6. The molecule has 4 nitrogen and oxygen atoms in total. The second-order valence-corrected chi connectivity index (χ2v) is 6.78. The Labute approximate surface area is 150 Å². The summed E-state index contributed by atoms with van der Waals surface area (Å²) in [7, 11) is 0. The van der Waals surface area contributed by atoms with Gasteiger partial charge in [-0.3, -0.25) is 9.59 Å². The monoisotopic (exact) mass is 386 g/mol. The van der Waals surface area contributed by atoms with Crippen molar-refractivity contribution < 1.29 is 9.59 Å². The van der Waals surface area contributed by atoms with Crippen LogP contribution in [0, 0.1) is 0 Å². The second-order valence-electron chi connectivity index (χ2n) is 5.86. The summed E-state index contributed by atoms with van der Waals surface area (Å²) in [6.07, 6.45) is 1.18. The van der Waals surface area contributed by atoms with E-state index in [1.165, 1.54) is 0 Å². The minimum absolute atomic E-state index is 0.00525. The molecule has 0 radical (unpaired) electrons. The molecule has 24 heavy (non-hydrogen) atoms. The molecule has 1 aliphatic rings. The number of amides is 2. The minimum atomic E-state index is -0.281. The van der Waals surface area contributed by atoms with E-state index >= 15 is 0 Å². The summed E-state index contributed by atoms with van der Waals surface area (Å²) in [4.78, 5) is 26.7. The van der Waals surface area contributed by atoms with Crippen molar-refractivity contribution in [2.75, 3.05) is 11.9 Å². The SMILES string of the molecule is CCCC(=O)N1CC(=O)Nc2ccc(Br)cc2[C@@H]1c1ccccc1. The van der Waals surface area contributed by atoms with Crippen LogP contribution in [-0.4, -0.2) is 23.3 Å². The summed E-state index contributed by atoms with van der Waals surface area (Å²) >= 11 is 3.50. The van der Waals surface area contributed by atoms with Crippen LogP contribution in [0.15, 0.2) is 53.0 Å². The highest BCUT2D eigenvalue weighted by molar-refractivity contribution is 9.10. The number of fused-ring (bicyclic) bond motifs is 1. The molecule has 124 valence electrons. The van der Waals surface area contributed by atoms with E-state index in [2.05, 4.69) is 21.2 Å². The Bertz CT molecular complexity index is 761. The lowest BCUT2D eigenvalue weighted by molar-refractivity contribution is -0.136. The highest BCUT2D eigenvalue weighted by Gasteiger charge is 2.32. The van der Waals surface area contributed by atoms with E-state index in [0.29, 0.717) is 6.42 Å². The van der Waals surface area contributed by atoms with Crippen LogP contribution < -0.4 is 5.32 Å². The molecule has 1 heterocycles. The molecule has 0 aliphatic carbocycles. The number of nitrogens with one attached hydrogen (secondary N) is 1. The highest BCUT2D eigenvalue weighted by atomic mass is 79.9. The maximum atomic E-state index is 12.7. The maximum absolute atomic E-state index is 12.7. The number of anilines is 1. The lowest BCUT2D eigenvalue weighted by atomic mass is 9.95. The smallest absolute Gasteiger partial charge is 0.244 e. The zero-order valence-electron chi connectivity index (χ0n) is 13.5. The number of halogens is 1. The van der Waals surface area contributed by atoms with Crippen LogP contribution in [0.5, 0.6) is 0 Å². The summed E-state index contributed by atoms with van der Waals surface area (Å²) in [5, 5.41) is 2.92. The normalized spacial score (nSPS) is 17.0. The first kappa shape index (κ1) is 16.7. The number of nitrogens with zero attached hydrogens (tertiary/aromatic N) is 1. The van der Waals surface area contributed by atoms with E-state index in [1.807, 2.05) is 55.5 Å². The summed E-state index contributed by atoms with van der Waals surface area (Å²) in [6, 6.07) is 15.3. The molecular formula is C19H19BrN2O2. The number of carbonyl (C=O) groups excluding carboxylic acids is 2. The quantitative estimate of drug-likeness (QED) is 0.862. The zero-order chi connectivity index (χ0) is 17.1. The fourth-order valence-electron chi connectivity index (χ4n) is 3.06. The lowest BCUT2D eigenvalue weighted by Crippen LogP contribution is -2.38. The highest BCUT2D eigenvalue weighted by Crippen LogP contribution is 2.37. The average Bonchev–Trinajstić information content (AvgIpc) is 2.71. The third kappa shape index (κ3) is 3.36. The summed E-state index contributed by atoms with van der Waals surface area (Å²) < 4.78 is 0.918. The van der Waals surface area contributed by atoms with Crippen molar-refractivity contribution in [1.29, 1.82) is 0 Å². The van der Waals surface area contributed by atoms with E-state index in [4.69, 9.17) is 0 Å². The van der Waals surface area contributed by atoms with Gasteiger partial charge in [-0.15, -0.1) is 0 Å². The van der Waals surface area contributed by atoms with Crippen molar-refractivity contribution in [1.82, 2.24) is 4.90 Å². The molecule has 0 spiro atoms. The van der Waals surface area contributed by atoms with Crippen LogP contribution in [0.3, 0.4) is 0 Å². The molecule has 2 amide bonds. The van der Waals surface area contributed by atoms with Gasteiger partial charge in [0.2, 0.25) is 11.8 Å². The van der Waals surface area contributed by atoms with Gasteiger partial charge in [-0.1, -0.05) is 53.2 Å². The van der Waals surface area contributed by atoms with Crippen molar-refractivity contribution in [2.24, 2.45) is 0 Å². The summed E-state index contributed by atoms with van der Waals surface area (Å²) in [5.74, 6) is -0.171. The molecule has 0 bridgehead atoms. The van der Waals surface area contributed by atoms with E-state index in [0.717, 1.165) is 27.7 Å². The number of benzene rings is 2. The number of rotatable bonds is 3. The Balaban J connectivity index is 2.17. The molecule has 0 fully saturated rings. The largest absolute Gasteiger partial charge is 0.324 e. The van der Waals surface area contributed by atoms with Crippen LogP contribution in [0.1, 0.15) is 36.9 Å². The fraction of sp³-hybridized carbons (Fsp3) is 0.263. The molecule has 1 N–H and O–H groups in total. The van der Waals surface area contributed by atoms with Gasteiger partial charge in [0.25, 0.3) is 0 Å².